The molecular weight excluding hydrogens is 260 g/mol. The molecule has 0 aliphatic carbocycles. The van der Waals surface area contributed by atoms with Crippen LogP contribution in [0.3, 0.4) is 0 Å². The normalized spacial score (nSPS) is 9.88. The molecule has 0 unspecified atom stereocenters. The third-order valence-electron chi connectivity index (χ3n) is 2.86. The molecule has 0 heterocycles. The van der Waals surface area contributed by atoms with Crippen LogP contribution in [0, 0.1) is 11.8 Å². The Hall–Kier alpha value is 0.0400. The van der Waals surface area contributed by atoms with Crippen LogP contribution in [0.1, 0.15) is 77.6 Å². The second-order valence-corrected chi connectivity index (χ2v) is 5.19. The van der Waals surface area contributed by atoms with E-state index >= 15 is 0 Å². The van der Waals surface area contributed by atoms with Crippen LogP contribution in [0.5, 0.6) is 0 Å². The van der Waals surface area contributed by atoms with Crippen LogP contribution in [-0.4, -0.2) is 5.33 Å². The molecule has 0 aliphatic rings. The standard InChI is InChI=1S/C15H27Br/c1-2-3-4-5-6-7-8-9-10-11-12-13-14-15-16/h4-15H2,1H3. The van der Waals surface area contributed by atoms with E-state index in [-0.39, 0.29) is 0 Å². The summed E-state index contributed by atoms with van der Waals surface area (Å²) < 4.78 is 0. The SMILES string of the molecule is CC#CCCCCCCCCCCCCBr. The maximum Gasteiger partial charge on any atom is 0.00885 e. The molecular formula is C15H27Br. The smallest absolute Gasteiger partial charge is 0.00885 e. The summed E-state index contributed by atoms with van der Waals surface area (Å²) in [4.78, 5) is 0. The lowest BCUT2D eigenvalue weighted by atomic mass is 10.1. The molecule has 0 N–H and O–H groups in total. The molecule has 0 saturated heterocycles. The molecule has 0 fully saturated rings. The van der Waals surface area contributed by atoms with Crippen molar-refractivity contribution >= 4 is 15.9 Å². The van der Waals surface area contributed by atoms with E-state index in [1.54, 1.807) is 0 Å². The Kier molecular flexibility index (Phi) is 15.1. The van der Waals surface area contributed by atoms with Crippen molar-refractivity contribution in [1.29, 1.82) is 0 Å². The lowest BCUT2D eigenvalue weighted by molar-refractivity contribution is 0.559. The summed E-state index contributed by atoms with van der Waals surface area (Å²) in [5, 5.41) is 1.17. The molecule has 0 nitrogen and oxygen atoms in total. The van der Waals surface area contributed by atoms with E-state index in [1.165, 1.54) is 69.5 Å². The van der Waals surface area contributed by atoms with Gasteiger partial charge in [0.05, 0.1) is 0 Å². The van der Waals surface area contributed by atoms with Gasteiger partial charge in [0.2, 0.25) is 0 Å². The maximum atomic E-state index is 3.47. The van der Waals surface area contributed by atoms with E-state index < -0.39 is 0 Å². The van der Waals surface area contributed by atoms with Gasteiger partial charge in [-0.1, -0.05) is 67.3 Å². The van der Waals surface area contributed by atoms with Gasteiger partial charge in [0.25, 0.3) is 0 Å². The average Bonchev–Trinajstić information content (AvgIpc) is 2.31. The van der Waals surface area contributed by atoms with E-state index in [1.807, 2.05) is 6.92 Å². The Balaban J connectivity index is 2.89. The Labute approximate surface area is 111 Å². The van der Waals surface area contributed by atoms with Crippen LogP contribution in [0.15, 0.2) is 0 Å². The minimum Gasteiger partial charge on any atom is -0.107 e. The summed E-state index contributed by atoms with van der Waals surface area (Å²) in [6.45, 7) is 1.93. The van der Waals surface area contributed by atoms with Gasteiger partial charge in [-0.3, -0.25) is 0 Å². The first-order chi connectivity index (χ1) is 7.91. The third kappa shape index (κ3) is 14.0. The number of alkyl halides is 1. The zero-order valence-corrected chi connectivity index (χ0v) is 12.4. The van der Waals surface area contributed by atoms with Gasteiger partial charge in [-0.25, -0.2) is 0 Å². The highest BCUT2D eigenvalue weighted by molar-refractivity contribution is 9.09. The molecule has 16 heavy (non-hydrogen) atoms. The molecule has 0 bridgehead atoms. The third-order valence-corrected chi connectivity index (χ3v) is 3.42. The quantitative estimate of drug-likeness (QED) is 0.260. The zero-order chi connectivity index (χ0) is 11.9. The molecule has 1 heteroatoms. The first-order valence-electron chi connectivity index (χ1n) is 6.87. The largest absolute Gasteiger partial charge is 0.107 e. The molecule has 0 aliphatic heterocycles. The van der Waals surface area contributed by atoms with Crippen LogP contribution in [-0.2, 0) is 0 Å². The molecule has 0 atom stereocenters. The summed E-state index contributed by atoms with van der Waals surface area (Å²) in [6.07, 6.45) is 15.1. The molecule has 94 valence electrons. The fourth-order valence-corrected chi connectivity index (χ4v) is 2.24. The van der Waals surface area contributed by atoms with Crippen molar-refractivity contribution in [2.45, 2.75) is 77.6 Å². The molecule has 0 aromatic rings. The van der Waals surface area contributed by atoms with Crippen molar-refractivity contribution in [3.8, 4) is 11.8 Å². The zero-order valence-electron chi connectivity index (χ0n) is 10.9. The first-order valence-corrected chi connectivity index (χ1v) is 7.99. The van der Waals surface area contributed by atoms with E-state index in [0.717, 1.165) is 6.42 Å². The fourth-order valence-electron chi connectivity index (χ4n) is 1.85. The van der Waals surface area contributed by atoms with Crippen LogP contribution in [0.4, 0.5) is 0 Å². The second-order valence-electron chi connectivity index (χ2n) is 4.40. The number of rotatable bonds is 11. The highest BCUT2D eigenvalue weighted by atomic mass is 79.9. The number of halogens is 1. The molecule has 0 amide bonds. The van der Waals surface area contributed by atoms with Crippen LogP contribution in [0.25, 0.3) is 0 Å². The van der Waals surface area contributed by atoms with Gasteiger partial charge < -0.3 is 0 Å². The Morgan fingerprint density at radius 3 is 1.56 bits per heavy atom. The monoisotopic (exact) mass is 286 g/mol. The highest BCUT2D eigenvalue weighted by Crippen LogP contribution is 2.11. The van der Waals surface area contributed by atoms with Gasteiger partial charge >= 0.3 is 0 Å². The number of hydrogen-bond acceptors (Lipinski definition) is 0. The predicted molar refractivity (Wildman–Crippen MR) is 78.0 cm³/mol. The summed E-state index contributed by atoms with van der Waals surface area (Å²) in [5.74, 6) is 6.08. The van der Waals surface area contributed by atoms with E-state index in [9.17, 15) is 0 Å². The molecule has 0 saturated carbocycles. The van der Waals surface area contributed by atoms with Gasteiger partial charge in [-0.2, -0.15) is 0 Å². The summed E-state index contributed by atoms with van der Waals surface area (Å²) in [5.41, 5.74) is 0. The van der Waals surface area contributed by atoms with Crippen molar-refractivity contribution in [2.24, 2.45) is 0 Å². The van der Waals surface area contributed by atoms with Gasteiger partial charge in [0.1, 0.15) is 0 Å². The van der Waals surface area contributed by atoms with E-state index in [2.05, 4.69) is 27.8 Å². The molecule has 0 rings (SSSR count). The summed E-state index contributed by atoms with van der Waals surface area (Å²) >= 11 is 3.47. The molecule has 0 radical (unpaired) electrons. The minimum absolute atomic E-state index is 1.10. The van der Waals surface area contributed by atoms with Crippen molar-refractivity contribution in [3.05, 3.63) is 0 Å². The van der Waals surface area contributed by atoms with Gasteiger partial charge in [-0.05, 0) is 19.8 Å². The Morgan fingerprint density at radius 2 is 1.12 bits per heavy atom. The van der Waals surface area contributed by atoms with Gasteiger partial charge in [-0.15, -0.1) is 11.8 Å². The van der Waals surface area contributed by atoms with Crippen molar-refractivity contribution in [1.82, 2.24) is 0 Å². The fraction of sp³-hybridized carbons (Fsp3) is 0.867. The van der Waals surface area contributed by atoms with Crippen molar-refractivity contribution in [2.75, 3.05) is 5.33 Å². The maximum absolute atomic E-state index is 3.47. The topological polar surface area (TPSA) is 0 Å². The second kappa shape index (κ2) is 15.0. The van der Waals surface area contributed by atoms with Crippen molar-refractivity contribution in [3.63, 3.8) is 0 Å². The van der Waals surface area contributed by atoms with Gasteiger partial charge in [0.15, 0.2) is 0 Å². The van der Waals surface area contributed by atoms with Crippen LogP contribution in [0.2, 0.25) is 0 Å². The number of hydrogen-bond donors (Lipinski definition) is 0. The average molecular weight is 287 g/mol. The Morgan fingerprint density at radius 1 is 0.688 bits per heavy atom. The summed E-state index contributed by atoms with van der Waals surface area (Å²) in [7, 11) is 0. The predicted octanol–water partition coefficient (Wildman–Crippen LogP) is 5.70. The van der Waals surface area contributed by atoms with Crippen LogP contribution < -0.4 is 0 Å². The molecule has 0 aromatic carbocycles. The minimum atomic E-state index is 1.10. The lowest BCUT2D eigenvalue weighted by Crippen LogP contribution is -1.82. The first kappa shape index (κ1) is 16.0. The summed E-state index contributed by atoms with van der Waals surface area (Å²) in [6, 6.07) is 0. The number of unbranched alkanes of at least 4 members (excludes halogenated alkanes) is 10. The molecule has 0 aromatic heterocycles. The Bertz CT molecular complexity index is 176. The van der Waals surface area contributed by atoms with Gasteiger partial charge in [0, 0.05) is 11.8 Å². The van der Waals surface area contributed by atoms with Crippen molar-refractivity contribution < 1.29 is 0 Å². The van der Waals surface area contributed by atoms with Crippen LogP contribution >= 0.6 is 15.9 Å². The highest BCUT2D eigenvalue weighted by Gasteiger charge is 1.92. The van der Waals surface area contributed by atoms with E-state index in [0.29, 0.717) is 0 Å². The van der Waals surface area contributed by atoms with E-state index in [4.69, 9.17) is 0 Å². The lowest BCUT2D eigenvalue weighted by Gasteiger charge is -2.01. The molecule has 0 spiro atoms.